The van der Waals surface area contributed by atoms with Crippen molar-refractivity contribution in [1.29, 1.82) is 0 Å². The average Bonchev–Trinajstić information content (AvgIpc) is 2.87. The monoisotopic (exact) mass is 463 g/mol. The van der Waals surface area contributed by atoms with Crippen molar-refractivity contribution in [3.63, 3.8) is 0 Å². The van der Waals surface area contributed by atoms with Crippen LogP contribution in [0, 0.1) is 0 Å². The summed E-state index contributed by atoms with van der Waals surface area (Å²) >= 11 is 0. The van der Waals surface area contributed by atoms with Gasteiger partial charge in [-0.15, -0.1) is 0 Å². The van der Waals surface area contributed by atoms with Crippen LogP contribution in [0.1, 0.15) is 38.8 Å². The van der Waals surface area contributed by atoms with E-state index in [0.717, 1.165) is 0 Å². The lowest BCUT2D eigenvalue weighted by Crippen LogP contribution is -2.22. The molecule has 0 radical (unpaired) electrons. The van der Waals surface area contributed by atoms with Crippen molar-refractivity contribution in [1.82, 2.24) is 0 Å². The Bertz CT molecular complexity index is 1240. The van der Waals surface area contributed by atoms with E-state index in [1.54, 1.807) is 43.5 Å². The third-order valence-electron chi connectivity index (χ3n) is 5.59. The number of benzene rings is 3. The number of anilines is 1. The van der Waals surface area contributed by atoms with Gasteiger partial charge in [0.1, 0.15) is 23.2 Å². The van der Waals surface area contributed by atoms with Gasteiger partial charge in [-0.2, -0.15) is 0 Å². The zero-order chi connectivity index (χ0) is 24.2. The van der Waals surface area contributed by atoms with Crippen molar-refractivity contribution in [2.45, 2.75) is 12.5 Å². The van der Waals surface area contributed by atoms with Crippen LogP contribution in [0.25, 0.3) is 0 Å². The van der Waals surface area contributed by atoms with E-state index in [1.165, 1.54) is 21.3 Å². The topological polar surface area (TPSA) is 92.3 Å². The molecule has 0 saturated carbocycles. The Balaban J connectivity index is 1.63. The van der Waals surface area contributed by atoms with E-state index in [4.69, 9.17) is 23.7 Å². The Kier molecular flexibility index (Phi) is 6.58. The maximum atomic E-state index is 13.1. The number of ether oxygens (including phenoxy) is 5. The average molecular weight is 463 g/mol. The molecule has 34 heavy (non-hydrogen) atoms. The van der Waals surface area contributed by atoms with Gasteiger partial charge in [-0.05, 0) is 29.8 Å². The van der Waals surface area contributed by atoms with Crippen molar-refractivity contribution < 1.29 is 33.3 Å². The number of fused-ring (bicyclic) bond motifs is 1. The highest BCUT2D eigenvalue weighted by Gasteiger charge is 2.34. The molecule has 1 N–H and O–H groups in total. The second-order valence-electron chi connectivity index (χ2n) is 7.53. The first kappa shape index (κ1) is 23.0. The molecule has 0 aliphatic carbocycles. The number of nitrogens with one attached hydrogen (secondary N) is 1. The lowest BCUT2D eigenvalue weighted by atomic mass is 9.94. The molecule has 3 aromatic carbocycles. The Morgan fingerprint density at radius 3 is 2.32 bits per heavy atom. The first-order valence-electron chi connectivity index (χ1n) is 10.6. The molecule has 0 aromatic heterocycles. The number of ketones is 1. The molecule has 0 bridgehead atoms. The lowest BCUT2D eigenvalue weighted by Gasteiger charge is -2.28. The third-order valence-corrected chi connectivity index (χ3v) is 5.59. The van der Waals surface area contributed by atoms with Gasteiger partial charge in [0.05, 0.1) is 40.5 Å². The molecule has 1 amide bonds. The van der Waals surface area contributed by atoms with Crippen LogP contribution in [0.5, 0.6) is 28.7 Å². The molecule has 1 aliphatic heterocycles. The SMILES string of the molecule is COc1ccccc1NC(=O)c1cccc(C2CC(=O)c3c(cc(OC)c(OC)c3OC)O2)c1. The number of para-hydroxylation sites is 2. The van der Waals surface area contributed by atoms with Gasteiger partial charge in [0.2, 0.25) is 5.75 Å². The molecule has 4 rings (SSSR count). The maximum absolute atomic E-state index is 13.1. The molecular formula is C26H25NO7. The predicted octanol–water partition coefficient (Wildman–Crippen LogP) is 4.68. The number of carbonyl (C=O) groups is 2. The number of methoxy groups -OCH3 is 4. The molecule has 1 aliphatic rings. The first-order chi connectivity index (χ1) is 16.5. The smallest absolute Gasteiger partial charge is 0.255 e. The van der Waals surface area contributed by atoms with Crippen LogP contribution < -0.4 is 29.0 Å². The van der Waals surface area contributed by atoms with Crippen LogP contribution in [-0.4, -0.2) is 40.1 Å². The van der Waals surface area contributed by atoms with Crippen molar-refractivity contribution in [3.05, 3.63) is 71.3 Å². The minimum absolute atomic E-state index is 0.0798. The van der Waals surface area contributed by atoms with Crippen molar-refractivity contribution in [3.8, 4) is 28.7 Å². The maximum Gasteiger partial charge on any atom is 0.255 e. The summed E-state index contributed by atoms with van der Waals surface area (Å²) in [5.74, 6) is 1.41. The van der Waals surface area contributed by atoms with Crippen LogP contribution >= 0.6 is 0 Å². The predicted molar refractivity (Wildman–Crippen MR) is 126 cm³/mol. The second kappa shape index (κ2) is 9.74. The summed E-state index contributed by atoms with van der Waals surface area (Å²) in [7, 11) is 5.97. The van der Waals surface area contributed by atoms with Gasteiger partial charge in [0.15, 0.2) is 17.3 Å². The van der Waals surface area contributed by atoms with Gasteiger partial charge in [-0.1, -0.05) is 24.3 Å². The number of carbonyl (C=O) groups excluding carboxylic acids is 2. The Morgan fingerprint density at radius 2 is 1.62 bits per heavy atom. The number of Topliss-reactive ketones (excluding diaryl/α,β-unsaturated/α-hetero) is 1. The Labute approximate surface area is 197 Å². The highest BCUT2D eigenvalue weighted by atomic mass is 16.5. The molecule has 0 fully saturated rings. The summed E-state index contributed by atoms with van der Waals surface area (Å²) in [6, 6.07) is 15.8. The molecule has 1 unspecified atom stereocenters. The summed E-state index contributed by atoms with van der Waals surface area (Å²) in [5.41, 5.74) is 1.99. The van der Waals surface area contributed by atoms with E-state index in [1.807, 2.05) is 18.2 Å². The molecule has 8 nitrogen and oxygen atoms in total. The van der Waals surface area contributed by atoms with E-state index in [-0.39, 0.29) is 23.9 Å². The van der Waals surface area contributed by atoms with Crippen LogP contribution in [0.15, 0.2) is 54.6 Å². The number of amides is 1. The summed E-state index contributed by atoms with van der Waals surface area (Å²) in [6.07, 6.45) is -0.502. The van der Waals surface area contributed by atoms with E-state index in [0.29, 0.717) is 45.4 Å². The molecule has 8 heteroatoms. The van der Waals surface area contributed by atoms with E-state index >= 15 is 0 Å². The quantitative estimate of drug-likeness (QED) is 0.544. The highest BCUT2D eigenvalue weighted by molar-refractivity contribution is 6.05. The Hall–Kier alpha value is -4.20. The minimum Gasteiger partial charge on any atom is -0.495 e. The van der Waals surface area contributed by atoms with E-state index < -0.39 is 6.10 Å². The summed E-state index contributed by atoms with van der Waals surface area (Å²) < 4.78 is 27.7. The molecule has 0 saturated heterocycles. The zero-order valence-electron chi connectivity index (χ0n) is 19.3. The number of rotatable bonds is 7. The van der Waals surface area contributed by atoms with Crippen molar-refractivity contribution >= 4 is 17.4 Å². The first-order valence-corrected chi connectivity index (χ1v) is 10.6. The number of hydrogen-bond acceptors (Lipinski definition) is 7. The largest absolute Gasteiger partial charge is 0.495 e. The normalized spacial score (nSPS) is 14.5. The van der Waals surface area contributed by atoms with Crippen LogP contribution in [0.4, 0.5) is 5.69 Å². The second-order valence-corrected chi connectivity index (χ2v) is 7.53. The fourth-order valence-electron chi connectivity index (χ4n) is 3.96. The minimum atomic E-state index is -0.582. The summed E-state index contributed by atoms with van der Waals surface area (Å²) in [6.45, 7) is 0. The highest BCUT2D eigenvalue weighted by Crippen LogP contribution is 2.49. The van der Waals surface area contributed by atoms with E-state index in [9.17, 15) is 9.59 Å². The van der Waals surface area contributed by atoms with Gasteiger partial charge in [-0.25, -0.2) is 0 Å². The Morgan fingerprint density at radius 1 is 0.882 bits per heavy atom. The molecule has 0 spiro atoms. The fourth-order valence-corrected chi connectivity index (χ4v) is 3.96. The third kappa shape index (κ3) is 4.22. The molecule has 3 aromatic rings. The zero-order valence-corrected chi connectivity index (χ0v) is 19.3. The molecule has 1 heterocycles. The fraction of sp³-hybridized carbons (Fsp3) is 0.231. The summed E-state index contributed by atoms with van der Waals surface area (Å²) in [5, 5.41) is 2.86. The van der Waals surface area contributed by atoms with Gasteiger partial charge >= 0.3 is 0 Å². The van der Waals surface area contributed by atoms with Crippen molar-refractivity contribution in [2.75, 3.05) is 33.8 Å². The van der Waals surface area contributed by atoms with Crippen LogP contribution in [-0.2, 0) is 0 Å². The van der Waals surface area contributed by atoms with Gasteiger partial charge in [0.25, 0.3) is 5.91 Å². The molecule has 176 valence electrons. The van der Waals surface area contributed by atoms with Gasteiger partial charge in [0, 0.05) is 11.6 Å². The van der Waals surface area contributed by atoms with Gasteiger partial charge < -0.3 is 29.0 Å². The standard InChI is InChI=1S/C26H25NO7/c1-30-19-11-6-5-10-17(19)27-26(29)16-9-7-8-15(12-16)20-13-18(28)23-21(34-20)14-22(31-2)24(32-3)25(23)33-4/h5-12,14,20H,13H2,1-4H3,(H,27,29). The van der Waals surface area contributed by atoms with Gasteiger partial charge in [-0.3, -0.25) is 9.59 Å². The van der Waals surface area contributed by atoms with E-state index in [2.05, 4.69) is 5.32 Å². The molecular weight excluding hydrogens is 438 g/mol. The van der Waals surface area contributed by atoms with Crippen molar-refractivity contribution in [2.24, 2.45) is 0 Å². The lowest BCUT2D eigenvalue weighted by molar-refractivity contribution is 0.0842. The molecule has 1 atom stereocenters. The summed E-state index contributed by atoms with van der Waals surface area (Å²) in [4.78, 5) is 26.0. The number of hydrogen-bond donors (Lipinski definition) is 1. The van der Waals surface area contributed by atoms with Crippen LogP contribution in [0.2, 0.25) is 0 Å². The van der Waals surface area contributed by atoms with Crippen LogP contribution in [0.3, 0.4) is 0 Å².